The monoisotopic (exact) mass is 522 g/mol. The molecule has 2 amide bonds. The predicted molar refractivity (Wildman–Crippen MR) is 129 cm³/mol. The molecule has 7 heteroatoms. The summed E-state index contributed by atoms with van der Waals surface area (Å²) in [7, 11) is 1.73. The first-order valence-electron chi connectivity index (χ1n) is 10.5. The molecule has 2 aliphatic carbocycles. The number of guanidine groups is 1. The lowest BCUT2D eigenvalue weighted by atomic mass is 9.85. The topological polar surface area (TPSA) is 73.8 Å². The molecule has 1 saturated carbocycles. The Kier molecular flexibility index (Phi) is 6.89. The number of aryl methyl sites for hydroxylation is 3. The Balaban J connectivity index is 0.00000256. The Hall–Kier alpha value is -1.90. The van der Waals surface area contributed by atoms with Crippen molar-refractivity contribution in [3.05, 3.63) is 46.5 Å². The fourth-order valence-electron chi connectivity index (χ4n) is 5.35. The van der Waals surface area contributed by atoms with Crippen molar-refractivity contribution in [1.29, 1.82) is 0 Å². The molecule has 4 rings (SSSR count). The van der Waals surface area contributed by atoms with Gasteiger partial charge in [-0.3, -0.25) is 19.5 Å². The third-order valence-electron chi connectivity index (χ3n) is 6.69. The molecule has 0 spiro atoms. The van der Waals surface area contributed by atoms with Gasteiger partial charge < -0.3 is 10.6 Å². The van der Waals surface area contributed by atoms with Gasteiger partial charge in [0.15, 0.2) is 5.96 Å². The molecule has 1 saturated heterocycles. The summed E-state index contributed by atoms with van der Waals surface area (Å²) in [6.07, 6.45) is 5.21. The second-order valence-corrected chi connectivity index (χ2v) is 8.56. The molecule has 1 aliphatic heterocycles. The van der Waals surface area contributed by atoms with E-state index in [9.17, 15) is 9.59 Å². The number of aliphatic imine (C=N–C) groups is 1. The highest BCUT2D eigenvalue weighted by Crippen LogP contribution is 2.52. The van der Waals surface area contributed by atoms with E-state index in [1.54, 1.807) is 7.05 Å². The quantitative estimate of drug-likeness (QED) is 0.205. The Morgan fingerprint density at radius 2 is 1.60 bits per heavy atom. The van der Waals surface area contributed by atoms with Crippen LogP contribution in [0.2, 0.25) is 0 Å². The van der Waals surface area contributed by atoms with E-state index in [2.05, 4.69) is 60.7 Å². The highest BCUT2D eigenvalue weighted by molar-refractivity contribution is 14.0. The van der Waals surface area contributed by atoms with E-state index in [-0.39, 0.29) is 59.5 Å². The summed E-state index contributed by atoms with van der Waals surface area (Å²) in [6, 6.07) is 4.37. The average Bonchev–Trinajstić information content (AvgIpc) is 3.35. The number of nitrogens with zero attached hydrogens (tertiary/aromatic N) is 2. The number of likely N-dealkylation sites (tertiary alicyclic amines) is 1. The van der Waals surface area contributed by atoms with Crippen LogP contribution in [0.3, 0.4) is 0 Å². The molecule has 162 valence electrons. The fourth-order valence-corrected chi connectivity index (χ4v) is 5.35. The van der Waals surface area contributed by atoms with Gasteiger partial charge in [-0.2, -0.15) is 0 Å². The van der Waals surface area contributed by atoms with Crippen molar-refractivity contribution in [1.82, 2.24) is 15.5 Å². The van der Waals surface area contributed by atoms with Gasteiger partial charge in [0.2, 0.25) is 11.8 Å². The third kappa shape index (κ3) is 4.00. The van der Waals surface area contributed by atoms with E-state index < -0.39 is 0 Å². The van der Waals surface area contributed by atoms with Crippen LogP contribution in [0.1, 0.15) is 28.7 Å². The number of carbonyl (C=O) groups excluding carboxylic acids is 2. The van der Waals surface area contributed by atoms with Crippen molar-refractivity contribution in [3.8, 4) is 0 Å². The van der Waals surface area contributed by atoms with Gasteiger partial charge in [0.05, 0.1) is 11.8 Å². The first kappa shape index (κ1) is 22.8. The van der Waals surface area contributed by atoms with Gasteiger partial charge in [0.1, 0.15) is 0 Å². The van der Waals surface area contributed by atoms with Gasteiger partial charge in [-0.1, -0.05) is 29.8 Å². The van der Waals surface area contributed by atoms with Crippen molar-refractivity contribution in [3.63, 3.8) is 0 Å². The number of hydrogen-bond donors (Lipinski definition) is 2. The fraction of sp³-hybridized carbons (Fsp3) is 0.522. The first-order valence-corrected chi connectivity index (χ1v) is 10.5. The summed E-state index contributed by atoms with van der Waals surface area (Å²) in [4.78, 5) is 31.2. The van der Waals surface area contributed by atoms with Gasteiger partial charge in [0.25, 0.3) is 0 Å². The average molecular weight is 522 g/mol. The van der Waals surface area contributed by atoms with Crippen LogP contribution >= 0.6 is 24.0 Å². The van der Waals surface area contributed by atoms with E-state index >= 15 is 0 Å². The van der Waals surface area contributed by atoms with Crippen molar-refractivity contribution in [2.75, 3.05) is 20.1 Å². The van der Waals surface area contributed by atoms with Crippen LogP contribution in [0.15, 0.2) is 29.3 Å². The van der Waals surface area contributed by atoms with Gasteiger partial charge >= 0.3 is 0 Å². The second kappa shape index (κ2) is 9.08. The molecular formula is C23H31IN4O2. The molecule has 4 atom stereocenters. The third-order valence-corrected chi connectivity index (χ3v) is 6.69. The van der Waals surface area contributed by atoms with Gasteiger partial charge in [0, 0.05) is 26.7 Å². The van der Waals surface area contributed by atoms with Crippen LogP contribution < -0.4 is 10.6 Å². The predicted octanol–water partition coefficient (Wildman–Crippen LogP) is 2.70. The number of rotatable bonds is 5. The zero-order chi connectivity index (χ0) is 20.7. The lowest BCUT2D eigenvalue weighted by Gasteiger charge is -2.19. The van der Waals surface area contributed by atoms with Crippen molar-refractivity contribution in [2.24, 2.45) is 28.7 Å². The SMILES string of the molecule is CN=C(NCCN1C(=O)C2C3C=CC(C3)C2C1=O)NCc1c(C)cc(C)cc1C.I. The molecule has 3 aliphatic rings. The summed E-state index contributed by atoms with van der Waals surface area (Å²) in [5, 5.41) is 6.58. The lowest BCUT2D eigenvalue weighted by Crippen LogP contribution is -2.43. The summed E-state index contributed by atoms with van der Waals surface area (Å²) < 4.78 is 0. The molecule has 2 N–H and O–H groups in total. The highest BCUT2D eigenvalue weighted by atomic mass is 127. The van der Waals surface area contributed by atoms with Crippen LogP contribution in [0.25, 0.3) is 0 Å². The highest BCUT2D eigenvalue weighted by Gasteiger charge is 2.58. The van der Waals surface area contributed by atoms with Crippen LogP contribution in [-0.4, -0.2) is 42.8 Å². The van der Waals surface area contributed by atoms with Crippen molar-refractivity contribution in [2.45, 2.75) is 33.7 Å². The maximum absolute atomic E-state index is 12.7. The van der Waals surface area contributed by atoms with Crippen molar-refractivity contribution < 1.29 is 9.59 Å². The maximum atomic E-state index is 12.7. The number of halogens is 1. The van der Waals surface area contributed by atoms with Gasteiger partial charge in [-0.15, -0.1) is 24.0 Å². The number of fused-ring (bicyclic) bond motifs is 5. The number of allylic oxidation sites excluding steroid dienone is 2. The largest absolute Gasteiger partial charge is 0.355 e. The van der Waals surface area contributed by atoms with E-state index in [1.165, 1.54) is 27.2 Å². The smallest absolute Gasteiger partial charge is 0.233 e. The minimum absolute atomic E-state index is 0. The van der Waals surface area contributed by atoms with E-state index in [1.807, 2.05) is 0 Å². The lowest BCUT2D eigenvalue weighted by molar-refractivity contribution is -0.140. The van der Waals surface area contributed by atoms with E-state index in [0.29, 0.717) is 25.6 Å². The number of nitrogens with one attached hydrogen (secondary N) is 2. The van der Waals surface area contributed by atoms with E-state index in [4.69, 9.17) is 0 Å². The van der Waals surface area contributed by atoms with Crippen LogP contribution in [-0.2, 0) is 16.1 Å². The van der Waals surface area contributed by atoms with Gasteiger partial charge in [-0.25, -0.2) is 0 Å². The van der Waals surface area contributed by atoms with E-state index in [0.717, 1.165) is 6.42 Å². The molecule has 6 nitrogen and oxygen atoms in total. The Labute approximate surface area is 195 Å². The molecule has 1 aromatic carbocycles. The second-order valence-electron chi connectivity index (χ2n) is 8.56. The molecule has 0 radical (unpaired) electrons. The summed E-state index contributed by atoms with van der Waals surface area (Å²) in [5.41, 5.74) is 5.04. The number of benzene rings is 1. The molecule has 0 aromatic heterocycles. The van der Waals surface area contributed by atoms with Crippen LogP contribution in [0.4, 0.5) is 0 Å². The maximum Gasteiger partial charge on any atom is 0.233 e. The molecule has 30 heavy (non-hydrogen) atoms. The Bertz CT molecular complexity index is 857. The first-order chi connectivity index (χ1) is 13.9. The number of amides is 2. The number of imide groups is 1. The zero-order valence-electron chi connectivity index (χ0n) is 18.1. The molecule has 2 fully saturated rings. The van der Waals surface area contributed by atoms with Crippen molar-refractivity contribution >= 4 is 41.8 Å². The zero-order valence-corrected chi connectivity index (χ0v) is 20.4. The number of carbonyl (C=O) groups is 2. The summed E-state index contributed by atoms with van der Waals surface area (Å²) >= 11 is 0. The molecule has 1 aromatic rings. The summed E-state index contributed by atoms with van der Waals surface area (Å²) in [6.45, 7) is 7.90. The number of hydrogen-bond acceptors (Lipinski definition) is 3. The standard InChI is InChI=1S/C23H30N4O2.HI/c1-13-9-14(2)18(15(3)10-13)12-26-23(24-4)25-7-8-27-21(28)19-16-5-6-17(11-16)20(19)22(27)29;/h5-6,9-10,16-17,19-20H,7-8,11-12H2,1-4H3,(H2,24,25,26);1H. The van der Waals surface area contributed by atoms with Crippen LogP contribution in [0.5, 0.6) is 0 Å². The molecule has 1 heterocycles. The minimum Gasteiger partial charge on any atom is -0.355 e. The Morgan fingerprint density at radius 3 is 2.13 bits per heavy atom. The van der Waals surface area contributed by atoms with Crippen LogP contribution in [0, 0.1) is 44.4 Å². The summed E-state index contributed by atoms with van der Waals surface area (Å²) in [5.74, 6) is 0.958. The Morgan fingerprint density at radius 1 is 1.03 bits per heavy atom. The molecular weight excluding hydrogens is 491 g/mol. The molecule has 4 unspecified atom stereocenters. The normalized spacial score (nSPS) is 26.8. The van der Waals surface area contributed by atoms with Gasteiger partial charge in [-0.05, 0) is 55.7 Å². The minimum atomic E-state index is -0.123. The molecule has 2 bridgehead atoms.